The molecular weight excluding hydrogens is 326 g/mol. The first-order valence-electron chi connectivity index (χ1n) is 8.65. The van der Waals surface area contributed by atoms with Crippen LogP contribution in [-0.4, -0.2) is 16.1 Å². The van der Waals surface area contributed by atoms with E-state index in [4.69, 9.17) is 4.74 Å². The van der Waals surface area contributed by atoms with Gasteiger partial charge >= 0.3 is 5.97 Å². The quantitative estimate of drug-likeness (QED) is 0.650. The number of rotatable bonds is 8. The SMILES string of the molecule is O=C(O)c1ccccc1CCCc1ccccc1OCc1cccnc1. The van der Waals surface area contributed by atoms with Gasteiger partial charge in [0.05, 0.1) is 5.56 Å². The summed E-state index contributed by atoms with van der Waals surface area (Å²) >= 11 is 0. The fourth-order valence-corrected chi connectivity index (χ4v) is 2.91. The first-order chi connectivity index (χ1) is 12.7. The van der Waals surface area contributed by atoms with E-state index in [1.807, 2.05) is 42.5 Å². The third kappa shape index (κ3) is 4.70. The van der Waals surface area contributed by atoms with Gasteiger partial charge in [-0.15, -0.1) is 0 Å². The molecule has 0 atom stereocenters. The zero-order chi connectivity index (χ0) is 18.2. The van der Waals surface area contributed by atoms with Gasteiger partial charge in [0.1, 0.15) is 12.4 Å². The van der Waals surface area contributed by atoms with Crippen LogP contribution < -0.4 is 4.74 Å². The predicted molar refractivity (Wildman–Crippen MR) is 100 cm³/mol. The van der Waals surface area contributed by atoms with E-state index in [0.717, 1.165) is 41.7 Å². The fraction of sp³-hybridized carbons (Fsp3) is 0.182. The van der Waals surface area contributed by atoms with Gasteiger partial charge in [-0.2, -0.15) is 0 Å². The molecule has 0 spiro atoms. The molecule has 26 heavy (non-hydrogen) atoms. The van der Waals surface area contributed by atoms with Crippen LogP contribution in [0.1, 0.15) is 33.5 Å². The first-order valence-corrected chi connectivity index (χ1v) is 8.65. The molecule has 4 heteroatoms. The normalized spacial score (nSPS) is 10.5. The minimum Gasteiger partial charge on any atom is -0.489 e. The van der Waals surface area contributed by atoms with Gasteiger partial charge in [-0.1, -0.05) is 42.5 Å². The molecule has 3 rings (SSSR count). The molecule has 2 aromatic carbocycles. The Kier molecular flexibility index (Phi) is 5.99. The van der Waals surface area contributed by atoms with Crippen molar-refractivity contribution in [2.75, 3.05) is 0 Å². The zero-order valence-corrected chi connectivity index (χ0v) is 14.5. The molecule has 3 aromatic rings. The molecule has 0 amide bonds. The molecule has 0 saturated carbocycles. The molecule has 0 aliphatic heterocycles. The lowest BCUT2D eigenvalue weighted by molar-refractivity contribution is 0.0695. The second-order valence-electron chi connectivity index (χ2n) is 6.07. The molecule has 0 saturated heterocycles. The van der Waals surface area contributed by atoms with Gasteiger partial charge in [-0.25, -0.2) is 4.79 Å². The number of aryl methyl sites for hydroxylation is 2. The molecule has 1 aromatic heterocycles. The molecule has 0 aliphatic carbocycles. The van der Waals surface area contributed by atoms with Crippen molar-refractivity contribution >= 4 is 5.97 Å². The maximum Gasteiger partial charge on any atom is 0.335 e. The average Bonchev–Trinajstić information content (AvgIpc) is 2.68. The van der Waals surface area contributed by atoms with Crippen LogP contribution in [-0.2, 0) is 19.4 Å². The van der Waals surface area contributed by atoms with Gasteiger partial charge in [0, 0.05) is 18.0 Å². The Balaban J connectivity index is 1.61. The summed E-state index contributed by atoms with van der Waals surface area (Å²) < 4.78 is 5.95. The minimum atomic E-state index is -0.874. The summed E-state index contributed by atoms with van der Waals surface area (Å²) in [5, 5.41) is 9.28. The van der Waals surface area contributed by atoms with E-state index in [9.17, 15) is 9.90 Å². The topological polar surface area (TPSA) is 59.4 Å². The predicted octanol–water partition coefficient (Wildman–Crippen LogP) is 4.53. The third-order valence-electron chi connectivity index (χ3n) is 4.23. The smallest absolute Gasteiger partial charge is 0.335 e. The van der Waals surface area contributed by atoms with Crippen LogP contribution in [0.2, 0.25) is 0 Å². The number of ether oxygens (including phenoxy) is 1. The van der Waals surface area contributed by atoms with Gasteiger partial charge in [0.15, 0.2) is 0 Å². The number of nitrogens with zero attached hydrogens (tertiary/aromatic N) is 1. The molecule has 0 unspecified atom stereocenters. The van der Waals surface area contributed by atoms with Crippen molar-refractivity contribution < 1.29 is 14.6 Å². The zero-order valence-electron chi connectivity index (χ0n) is 14.5. The van der Waals surface area contributed by atoms with Crippen LogP contribution in [0.25, 0.3) is 0 Å². The molecule has 0 bridgehead atoms. The van der Waals surface area contributed by atoms with E-state index >= 15 is 0 Å². The molecule has 0 aliphatic rings. The molecular formula is C22H21NO3. The van der Waals surface area contributed by atoms with Crippen LogP contribution in [0.5, 0.6) is 5.75 Å². The van der Waals surface area contributed by atoms with Crippen LogP contribution in [0.3, 0.4) is 0 Å². The maximum absolute atomic E-state index is 11.3. The van der Waals surface area contributed by atoms with Gasteiger partial charge in [0.25, 0.3) is 0 Å². The van der Waals surface area contributed by atoms with Gasteiger partial charge in [-0.3, -0.25) is 4.98 Å². The number of hydrogen-bond acceptors (Lipinski definition) is 3. The highest BCUT2D eigenvalue weighted by Gasteiger charge is 2.09. The number of carbonyl (C=O) groups is 1. The van der Waals surface area contributed by atoms with Crippen molar-refractivity contribution in [3.8, 4) is 5.75 Å². The van der Waals surface area contributed by atoms with Crippen molar-refractivity contribution in [3.05, 3.63) is 95.3 Å². The molecule has 0 radical (unpaired) electrons. The molecule has 4 nitrogen and oxygen atoms in total. The van der Waals surface area contributed by atoms with Crippen molar-refractivity contribution in [2.24, 2.45) is 0 Å². The lowest BCUT2D eigenvalue weighted by atomic mass is 9.99. The molecule has 132 valence electrons. The van der Waals surface area contributed by atoms with E-state index in [-0.39, 0.29) is 0 Å². The van der Waals surface area contributed by atoms with E-state index in [1.165, 1.54) is 0 Å². The highest BCUT2D eigenvalue weighted by atomic mass is 16.5. The van der Waals surface area contributed by atoms with Crippen LogP contribution >= 0.6 is 0 Å². The Morgan fingerprint density at radius 2 is 1.65 bits per heavy atom. The fourth-order valence-electron chi connectivity index (χ4n) is 2.91. The Labute approximate surface area is 153 Å². The number of carboxylic acids is 1. The number of aromatic carboxylic acids is 1. The van der Waals surface area contributed by atoms with Crippen molar-refractivity contribution in [2.45, 2.75) is 25.9 Å². The van der Waals surface area contributed by atoms with Crippen LogP contribution in [0, 0.1) is 0 Å². The number of aromatic nitrogens is 1. The number of hydrogen-bond donors (Lipinski definition) is 1. The summed E-state index contributed by atoms with van der Waals surface area (Å²) in [6, 6.07) is 19.0. The largest absolute Gasteiger partial charge is 0.489 e. The highest BCUT2D eigenvalue weighted by Crippen LogP contribution is 2.22. The minimum absolute atomic E-state index is 0.383. The van der Waals surface area contributed by atoms with E-state index in [0.29, 0.717) is 12.2 Å². The van der Waals surface area contributed by atoms with E-state index < -0.39 is 5.97 Å². The lowest BCUT2D eigenvalue weighted by Gasteiger charge is -2.12. The van der Waals surface area contributed by atoms with Crippen molar-refractivity contribution in [1.82, 2.24) is 4.98 Å². The number of pyridine rings is 1. The third-order valence-corrected chi connectivity index (χ3v) is 4.23. The van der Waals surface area contributed by atoms with Gasteiger partial charge in [0.2, 0.25) is 0 Å². The lowest BCUT2D eigenvalue weighted by Crippen LogP contribution is -2.03. The summed E-state index contributed by atoms with van der Waals surface area (Å²) in [7, 11) is 0. The number of benzene rings is 2. The first kappa shape index (κ1) is 17.7. The van der Waals surface area contributed by atoms with Crippen molar-refractivity contribution in [1.29, 1.82) is 0 Å². The summed E-state index contributed by atoms with van der Waals surface area (Å²) in [4.78, 5) is 15.4. The summed E-state index contributed by atoms with van der Waals surface area (Å²) in [6.07, 6.45) is 5.95. The van der Waals surface area contributed by atoms with Crippen LogP contribution in [0.15, 0.2) is 73.1 Å². The number of para-hydroxylation sites is 1. The van der Waals surface area contributed by atoms with Gasteiger partial charge < -0.3 is 9.84 Å². The number of carboxylic acid groups (broad SMARTS) is 1. The Hall–Kier alpha value is -3.14. The van der Waals surface area contributed by atoms with Crippen molar-refractivity contribution in [3.63, 3.8) is 0 Å². The van der Waals surface area contributed by atoms with Gasteiger partial charge in [-0.05, 0) is 48.6 Å². The molecule has 0 fully saturated rings. The highest BCUT2D eigenvalue weighted by molar-refractivity contribution is 5.89. The summed E-state index contributed by atoms with van der Waals surface area (Å²) in [6.45, 7) is 0.479. The molecule has 1 heterocycles. The second kappa shape index (κ2) is 8.81. The standard InChI is InChI=1S/C22H21NO3/c24-22(25)20-12-3-1-8-18(20)10-5-11-19-9-2-4-13-21(19)26-16-17-7-6-14-23-15-17/h1-4,6-9,12-15H,5,10-11,16H2,(H,24,25). The van der Waals surface area contributed by atoms with Crippen LogP contribution in [0.4, 0.5) is 0 Å². The summed E-state index contributed by atoms with van der Waals surface area (Å²) in [5.74, 6) is -0.0105. The summed E-state index contributed by atoms with van der Waals surface area (Å²) in [5.41, 5.74) is 3.41. The maximum atomic E-state index is 11.3. The Bertz CT molecular complexity index is 862. The second-order valence-corrected chi connectivity index (χ2v) is 6.07. The average molecular weight is 347 g/mol. The monoisotopic (exact) mass is 347 g/mol. The Morgan fingerprint density at radius 3 is 2.42 bits per heavy atom. The molecule has 1 N–H and O–H groups in total. The Morgan fingerprint density at radius 1 is 0.923 bits per heavy atom. The van der Waals surface area contributed by atoms with E-state index in [1.54, 1.807) is 24.5 Å². The van der Waals surface area contributed by atoms with E-state index in [2.05, 4.69) is 11.1 Å².